The Morgan fingerprint density at radius 1 is 0.840 bits per heavy atom. The van der Waals surface area contributed by atoms with Gasteiger partial charge in [-0.25, -0.2) is 0 Å². The average Bonchev–Trinajstić information content (AvgIpc) is 2.51. The minimum absolute atomic E-state index is 0.0310. The highest BCUT2D eigenvalue weighted by Gasteiger charge is 2.37. The van der Waals surface area contributed by atoms with Crippen molar-refractivity contribution in [3.8, 4) is 0 Å². The summed E-state index contributed by atoms with van der Waals surface area (Å²) in [6.07, 6.45) is -9.91. The zero-order valence-electron chi connectivity index (χ0n) is 14.1. The van der Waals surface area contributed by atoms with E-state index in [4.69, 9.17) is 13.9 Å². The fraction of sp³-hybridized carbons (Fsp3) is 0.600. The molecular weight excluding hydrogens is 370 g/mol. The standard InChI is InChI=1S/C15H20F6O3Si/c1-3-22-13(24-25,23-4-2)6-5-10-7-11(14(16,17)18)9-12(8-10)15(19,20)21/h7-9H,3-6H2,1-2,25H3. The molecule has 0 aliphatic carbocycles. The Balaban J connectivity index is 3.15. The van der Waals surface area contributed by atoms with Crippen molar-refractivity contribution < 1.29 is 40.2 Å². The zero-order chi connectivity index (χ0) is 19.3. The number of rotatable bonds is 8. The van der Waals surface area contributed by atoms with E-state index >= 15 is 0 Å². The maximum absolute atomic E-state index is 12.9. The quantitative estimate of drug-likeness (QED) is 0.385. The van der Waals surface area contributed by atoms with Crippen LogP contribution in [-0.2, 0) is 32.7 Å². The second kappa shape index (κ2) is 8.52. The molecule has 0 aliphatic heterocycles. The van der Waals surface area contributed by atoms with E-state index in [1.807, 2.05) is 0 Å². The normalized spacial score (nSPS) is 13.4. The molecule has 0 bridgehead atoms. The van der Waals surface area contributed by atoms with Crippen LogP contribution in [0.25, 0.3) is 0 Å². The van der Waals surface area contributed by atoms with E-state index in [0.29, 0.717) is 12.1 Å². The van der Waals surface area contributed by atoms with Gasteiger partial charge < -0.3 is 13.9 Å². The van der Waals surface area contributed by atoms with E-state index in [1.165, 1.54) is 0 Å². The lowest BCUT2D eigenvalue weighted by Crippen LogP contribution is -2.39. The first-order valence-corrected chi connectivity index (χ1v) is 8.40. The van der Waals surface area contributed by atoms with E-state index < -0.39 is 29.5 Å². The molecule has 0 amide bonds. The molecular formula is C15H20F6O3Si. The van der Waals surface area contributed by atoms with Crippen molar-refractivity contribution in [2.75, 3.05) is 13.2 Å². The van der Waals surface area contributed by atoms with Gasteiger partial charge in [0.15, 0.2) is 10.5 Å². The molecule has 1 aromatic rings. The van der Waals surface area contributed by atoms with Crippen molar-refractivity contribution in [1.82, 2.24) is 0 Å². The Bertz CT molecular complexity index is 521. The highest BCUT2D eigenvalue weighted by molar-refractivity contribution is 5.98. The molecule has 10 heteroatoms. The largest absolute Gasteiger partial charge is 0.416 e. The summed E-state index contributed by atoms with van der Waals surface area (Å²) in [6, 6.07) is 1.50. The minimum Gasteiger partial charge on any atom is -0.380 e. The van der Waals surface area contributed by atoms with Gasteiger partial charge in [0.25, 0.3) is 5.97 Å². The van der Waals surface area contributed by atoms with Crippen LogP contribution in [0.2, 0.25) is 0 Å². The number of hydrogen-bond acceptors (Lipinski definition) is 3. The molecule has 1 aromatic carbocycles. The fourth-order valence-corrected chi connectivity index (χ4v) is 2.75. The van der Waals surface area contributed by atoms with Crippen LogP contribution in [0.3, 0.4) is 0 Å². The SMILES string of the molecule is CCOC(CCc1cc(C(F)(F)F)cc(C(F)(F)F)c1)(O[SiH3])OCC. The van der Waals surface area contributed by atoms with Gasteiger partial charge in [0.05, 0.1) is 11.1 Å². The summed E-state index contributed by atoms with van der Waals surface area (Å²) in [5, 5.41) is 0. The van der Waals surface area contributed by atoms with Crippen molar-refractivity contribution >= 4 is 10.5 Å². The second-order valence-electron chi connectivity index (χ2n) is 5.17. The van der Waals surface area contributed by atoms with Gasteiger partial charge in [-0.3, -0.25) is 0 Å². The van der Waals surface area contributed by atoms with Crippen molar-refractivity contribution in [3.63, 3.8) is 0 Å². The third-order valence-corrected chi connectivity index (χ3v) is 4.03. The number of ether oxygens (including phenoxy) is 2. The predicted octanol–water partition coefficient (Wildman–Crippen LogP) is 3.68. The summed E-state index contributed by atoms with van der Waals surface area (Å²) in [4.78, 5) is 0. The van der Waals surface area contributed by atoms with Crippen LogP contribution in [0.15, 0.2) is 18.2 Å². The Kier molecular flexibility index (Phi) is 7.48. The summed E-state index contributed by atoms with van der Waals surface area (Å²) in [6.45, 7) is 3.80. The van der Waals surface area contributed by atoms with Crippen molar-refractivity contribution in [1.29, 1.82) is 0 Å². The van der Waals surface area contributed by atoms with E-state index in [2.05, 4.69) is 0 Å². The Morgan fingerprint density at radius 2 is 1.28 bits per heavy atom. The molecule has 0 saturated heterocycles. The smallest absolute Gasteiger partial charge is 0.380 e. The molecule has 144 valence electrons. The van der Waals surface area contributed by atoms with Gasteiger partial charge in [-0.1, -0.05) is 0 Å². The molecule has 0 N–H and O–H groups in total. The van der Waals surface area contributed by atoms with Crippen LogP contribution in [0.4, 0.5) is 26.3 Å². The van der Waals surface area contributed by atoms with E-state index in [1.54, 1.807) is 13.8 Å². The van der Waals surface area contributed by atoms with Crippen LogP contribution >= 0.6 is 0 Å². The first-order valence-electron chi connectivity index (χ1n) is 7.59. The van der Waals surface area contributed by atoms with Gasteiger partial charge in [0.1, 0.15) is 0 Å². The van der Waals surface area contributed by atoms with Crippen LogP contribution in [-0.4, -0.2) is 29.7 Å². The number of alkyl halides is 6. The summed E-state index contributed by atoms with van der Waals surface area (Å²) in [5.74, 6) is -1.46. The maximum atomic E-state index is 12.9. The second-order valence-corrected chi connectivity index (χ2v) is 5.58. The number of hydrogen-bond donors (Lipinski definition) is 0. The maximum Gasteiger partial charge on any atom is 0.416 e. The molecule has 0 spiro atoms. The minimum atomic E-state index is -4.87. The predicted molar refractivity (Wildman–Crippen MR) is 81.8 cm³/mol. The van der Waals surface area contributed by atoms with Gasteiger partial charge in [0.2, 0.25) is 0 Å². The lowest BCUT2D eigenvalue weighted by Gasteiger charge is -2.32. The first-order chi connectivity index (χ1) is 11.5. The topological polar surface area (TPSA) is 27.7 Å². The van der Waals surface area contributed by atoms with Crippen LogP contribution < -0.4 is 0 Å². The van der Waals surface area contributed by atoms with Gasteiger partial charge in [-0.05, 0) is 44.0 Å². The zero-order valence-corrected chi connectivity index (χ0v) is 16.1. The van der Waals surface area contributed by atoms with Crippen molar-refractivity contribution in [2.45, 2.75) is 45.0 Å². The van der Waals surface area contributed by atoms with E-state index in [9.17, 15) is 26.3 Å². The monoisotopic (exact) mass is 390 g/mol. The average molecular weight is 390 g/mol. The molecule has 25 heavy (non-hydrogen) atoms. The Labute approximate surface area is 144 Å². The lowest BCUT2D eigenvalue weighted by molar-refractivity contribution is -0.343. The number of halogens is 6. The molecule has 3 nitrogen and oxygen atoms in total. The molecule has 0 heterocycles. The van der Waals surface area contributed by atoms with Crippen molar-refractivity contribution in [3.05, 3.63) is 34.9 Å². The van der Waals surface area contributed by atoms with Gasteiger partial charge >= 0.3 is 12.4 Å². The molecule has 0 fully saturated rings. The lowest BCUT2D eigenvalue weighted by atomic mass is 10.0. The molecule has 0 aromatic heterocycles. The van der Waals surface area contributed by atoms with Crippen molar-refractivity contribution in [2.24, 2.45) is 0 Å². The third kappa shape index (κ3) is 6.28. The summed E-state index contributed by atoms with van der Waals surface area (Å²) >= 11 is 0. The number of aryl methyl sites for hydroxylation is 1. The Hall–Kier alpha value is -1.10. The van der Waals surface area contributed by atoms with Crippen LogP contribution in [0, 0.1) is 0 Å². The van der Waals surface area contributed by atoms with Crippen LogP contribution in [0.1, 0.15) is 37.0 Å². The highest BCUT2D eigenvalue weighted by Crippen LogP contribution is 2.37. The van der Waals surface area contributed by atoms with E-state index in [0.717, 1.165) is 0 Å². The van der Waals surface area contributed by atoms with E-state index in [-0.39, 0.29) is 48.2 Å². The first kappa shape index (κ1) is 21.9. The molecule has 0 unspecified atom stereocenters. The van der Waals surface area contributed by atoms with Crippen LogP contribution in [0.5, 0.6) is 0 Å². The van der Waals surface area contributed by atoms with Gasteiger partial charge in [-0.2, -0.15) is 26.3 Å². The molecule has 0 atom stereocenters. The molecule has 0 aliphatic rings. The number of benzene rings is 1. The fourth-order valence-electron chi connectivity index (χ4n) is 2.31. The third-order valence-electron chi connectivity index (χ3n) is 3.41. The summed E-state index contributed by atoms with van der Waals surface area (Å²) < 4.78 is 93.3. The Morgan fingerprint density at radius 3 is 1.60 bits per heavy atom. The van der Waals surface area contributed by atoms with Gasteiger partial charge in [0, 0.05) is 19.6 Å². The molecule has 0 radical (unpaired) electrons. The molecule has 0 saturated carbocycles. The summed E-state index contributed by atoms with van der Waals surface area (Å²) in [7, 11) is 0.223. The summed E-state index contributed by atoms with van der Waals surface area (Å²) in [5.41, 5.74) is -2.81. The van der Waals surface area contributed by atoms with Gasteiger partial charge in [-0.15, -0.1) is 0 Å². The molecule has 1 rings (SSSR count). The highest BCUT2D eigenvalue weighted by atomic mass is 28.2.